The van der Waals surface area contributed by atoms with Crippen LogP contribution in [0.25, 0.3) is 0 Å². The number of nitrogens with zero attached hydrogens (tertiary/aromatic N) is 2. The second-order valence-electron chi connectivity index (χ2n) is 6.44. The Kier molecular flexibility index (Phi) is 6.59. The smallest absolute Gasteiger partial charge is 0.234 e. The van der Waals surface area contributed by atoms with E-state index in [1.165, 1.54) is 4.88 Å². The molecule has 1 aromatic heterocycles. The number of rotatable bonds is 5. The molecule has 2 heterocycles. The first-order valence-corrected chi connectivity index (χ1v) is 9.16. The van der Waals surface area contributed by atoms with Crippen LogP contribution in [-0.2, 0) is 9.59 Å². The molecule has 0 bridgehead atoms. The third-order valence-electron chi connectivity index (χ3n) is 4.23. The van der Waals surface area contributed by atoms with Gasteiger partial charge >= 0.3 is 0 Å². The summed E-state index contributed by atoms with van der Waals surface area (Å²) in [6.45, 7) is 9.39. The summed E-state index contributed by atoms with van der Waals surface area (Å²) >= 11 is 1.68. The summed E-state index contributed by atoms with van der Waals surface area (Å²) in [5.74, 6) is 0.539. The molecule has 0 spiro atoms. The van der Waals surface area contributed by atoms with E-state index in [4.69, 9.17) is 0 Å². The number of thiophene rings is 1. The van der Waals surface area contributed by atoms with Gasteiger partial charge in [-0.05, 0) is 23.8 Å². The lowest BCUT2D eigenvalue weighted by Crippen LogP contribution is -2.41. The fourth-order valence-electron chi connectivity index (χ4n) is 2.90. The minimum absolute atomic E-state index is 0.0633. The Morgan fingerprint density at radius 3 is 2.65 bits per heavy atom. The average Bonchev–Trinajstić information content (AvgIpc) is 2.91. The molecule has 6 heteroatoms. The van der Waals surface area contributed by atoms with E-state index in [1.807, 2.05) is 16.3 Å². The van der Waals surface area contributed by atoms with Crippen LogP contribution >= 0.6 is 11.3 Å². The van der Waals surface area contributed by atoms with E-state index >= 15 is 0 Å². The molecular weight excluding hydrogens is 310 g/mol. The Bertz CT molecular complexity index is 516. The molecule has 0 unspecified atom stereocenters. The number of hydrogen-bond acceptors (Lipinski definition) is 4. The molecule has 1 fully saturated rings. The molecule has 128 valence electrons. The molecule has 0 aromatic carbocycles. The Morgan fingerprint density at radius 2 is 2.04 bits per heavy atom. The highest BCUT2D eigenvalue weighted by molar-refractivity contribution is 7.10. The fourth-order valence-corrected chi connectivity index (χ4v) is 3.85. The van der Waals surface area contributed by atoms with E-state index < -0.39 is 0 Å². The van der Waals surface area contributed by atoms with Crippen molar-refractivity contribution in [3.05, 3.63) is 22.4 Å². The van der Waals surface area contributed by atoms with Crippen LogP contribution in [0.3, 0.4) is 0 Å². The molecule has 1 N–H and O–H groups in total. The maximum atomic E-state index is 12.4. The van der Waals surface area contributed by atoms with Crippen LogP contribution in [0.1, 0.15) is 38.1 Å². The first-order chi connectivity index (χ1) is 11.0. The summed E-state index contributed by atoms with van der Waals surface area (Å²) in [6.07, 6.45) is 0.922. The zero-order valence-electron chi connectivity index (χ0n) is 14.2. The highest BCUT2D eigenvalue weighted by Gasteiger charge is 2.22. The molecule has 0 saturated carbocycles. The van der Waals surface area contributed by atoms with Crippen molar-refractivity contribution in [1.82, 2.24) is 15.1 Å². The van der Waals surface area contributed by atoms with Crippen LogP contribution in [0.15, 0.2) is 17.5 Å². The number of carbonyl (C=O) groups excluding carboxylic acids is 2. The SMILES string of the molecule is CC(=O)N1CCCN(CC(=O)N[C@H](c2cccs2)C(C)C)CC1. The van der Waals surface area contributed by atoms with Gasteiger partial charge in [-0.3, -0.25) is 14.5 Å². The van der Waals surface area contributed by atoms with Gasteiger partial charge in [0.1, 0.15) is 0 Å². The normalized spacial score (nSPS) is 17.8. The quantitative estimate of drug-likeness (QED) is 0.895. The van der Waals surface area contributed by atoms with E-state index in [2.05, 4.69) is 30.1 Å². The summed E-state index contributed by atoms with van der Waals surface area (Å²) in [4.78, 5) is 29.1. The Hall–Kier alpha value is -1.40. The van der Waals surface area contributed by atoms with E-state index in [1.54, 1.807) is 18.3 Å². The van der Waals surface area contributed by atoms with Crippen molar-refractivity contribution in [3.63, 3.8) is 0 Å². The predicted octanol–water partition coefficient (Wildman–Crippen LogP) is 2.12. The van der Waals surface area contributed by atoms with Crippen LogP contribution in [0.5, 0.6) is 0 Å². The highest BCUT2D eigenvalue weighted by Crippen LogP contribution is 2.25. The molecule has 0 radical (unpaired) electrons. The van der Waals surface area contributed by atoms with Gasteiger partial charge in [0.2, 0.25) is 11.8 Å². The fraction of sp³-hybridized carbons (Fsp3) is 0.647. The van der Waals surface area contributed by atoms with Crippen molar-refractivity contribution >= 4 is 23.2 Å². The van der Waals surface area contributed by atoms with Crippen molar-refractivity contribution in [3.8, 4) is 0 Å². The first-order valence-electron chi connectivity index (χ1n) is 8.28. The van der Waals surface area contributed by atoms with Crippen molar-refractivity contribution in [2.75, 3.05) is 32.7 Å². The van der Waals surface area contributed by atoms with E-state index in [0.717, 1.165) is 26.1 Å². The van der Waals surface area contributed by atoms with Gasteiger partial charge in [0.05, 0.1) is 12.6 Å². The number of carbonyl (C=O) groups is 2. The van der Waals surface area contributed by atoms with Gasteiger partial charge in [-0.2, -0.15) is 0 Å². The third kappa shape index (κ3) is 5.32. The van der Waals surface area contributed by atoms with E-state index in [9.17, 15) is 9.59 Å². The molecule has 2 amide bonds. The summed E-state index contributed by atoms with van der Waals surface area (Å²) < 4.78 is 0. The largest absolute Gasteiger partial charge is 0.347 e. The van der Waals surface area contributed by atoms with Gasteiger partial charge in [-0.1, -0.05) is 19.9 Å². The van der Waals surface area contributed by atoms with Gasteiger partial charge in [0, 0.05) is 38.0 Å². The van der Waals surface area contributed by atoms with Gasteiger partial charge in [0.15, 0.2) is 0 Å². The Balaban J connectivity index is 1.87. The van der Waals surface area contributed by atoms with Crippen molar-refractivity contribution in [1.29, 1.82) is 0 Å². The summed E-state index contributed by atoms with van der Waals surface area (Å²) in [7, 11) is 0. The summed E-state index contributed by atoms with van der Waals surface area (Å²) in [5.41, 5.74) is 0. The molecule has 5 nitrogen and oxygen atoms in total. The molecule has 23 heavy (non-hydrogen) atoms. The van der Waals surface area contributed by atoms with Crippen molar-refractivity contribution < 1.29 is 9.59 Å². The molecule has 2 rings (SSSR count). The van der Waals surface area contributed by atoms with Crippen LogP contribution in [0.4, 0.5) is 0 Å². The molecule has 1 aliphatic heterocycles. The van der Waals surface area contributed by atoms with E-state index in [0.29, 0.717) is 19.0 Å². The lowest BCUT2D eigenvalue weighted by atomic mass is 10.0. The van der Waals surface area contributed by atoms with Crippen molar-refractivity contribution in [2.24, 2.45) is 5.92 Å². The lowest BCUT2D eigenvalue weighted by Gasteiger charge is -2.24. The monoisotopic (exact) mass is 337 g/mol. The Labute approximate surface area is 142 Å². The number of amides is 2. The molecular formula is C17H27N3O2S. The molecule has 1 saturated heterocycles. The summed E-state index contributed by atoms with van der Waals surface area (Å²) in [6, 6.07) is 4.17. The molecule has 0 aliphatic carbocycles. The Morgan fingerprint density at radius 1 is 1.26 bits per heavy atom. The second kappa shape index (κ2) is 8.45. The van der Waals surface area contributed by atoms with Gasteiger partial charge in [-0.25, -0.2) is 0 Å². The maximum absolute atomic E-state index is 12.4. The van der Waals surface area contributed by atoms with Crippen LogP contribution in [0.2, 0.25) is 0 Å². The first kappa shape index (κ1) is 17.9. The second-order valence-corrected chi connectivity index (χ2v) is 7.42. The zero-order chi connectivity index (χ0) is 16.8. The maximum Gasteiger partial charge on any atom is 0.234 e. The van der Waals surface area contributed by atoms with Crippen molar-refractivity contribution in [2.45, 2.75) is 33.2 Å². The van der Waals surface area contributed by atoms with Crippen LogP contribution < -0.4 is 5.32 Å². The van der Waals surface area contributed by atoms with Gasteiger partial charge < -0.3 is 10.2 Å². The van der Waals surface area contributed by atoms with Crippen LogP contribution in [-0.4, -0.2) is 54.3 Å². The molecule has 1 aromatic rings. The average molecular weight is 337 g/mol. The van der Waals surface area contributed by atoms with Gasteiger partial charge in [0.25, 0.3) is 0 Å². The van der Waals surface area contributed by atoms with Crippen LogP contribution in [0, 0.1) is 5.92 Å². The topological polar surface area (TPSA) is 52.7 Å². The minimum Gasteiger partial charge on any atom is -0.347 e. The highest BCUT2D eigenvalue weighted by atomic mass is 32.1. The number of nitrogens with one attached hydrogen (secondary N) is 1. The van der Waals surface area contributed by atoms with Gasteiger partial charge in [-0.15, -0.1) is 11.3 Å². The standard InChI is InChI=1S/C17H27N3O2S/c1-13(2)17(15-6-4-11-23-15)18-16(22)12-19-7-5-8-20(10-9-19)14(3)21/h4,6,11,13,17H,5,7-10,12H2,1-3H3,(H,18,22)/t17-/m0/s1. The molecule has 1 atom stereocenters. The summed E-state index contributed by atoms with van der Waals surface area (Å²) in [5, 5.41) is 5.21. The minimum atomic E-state index is 0.0633. The lowest BCUT2D eigenvalue weighted by molar-refractivity contribution is -0.128. The van der Waals surface area contributed by atoms with E-state index in [-0.39, 0.29) is 17.9 Å². The zero-order valence-corrected chi connectivity index (χ0v) is 15.1. The number of hydrogen-bond donors (Lipinski definition) is 1. The predicted molar refractivity (Wildman–Crippen MR) is 93.4 cm³/mol. The molecule has 1 aliphatic rings. The third-order valence-corrected chi connectivity index (χ3v) is 5.19.